The number of aromatic nitrogens is 2. The molecule has 10 nitrogen and oxygen atoms in total. The van der Waals surface area contributed by atoms with Gasteiger partial charge in [0.05, 0.1) is 50.7 Å². The number of phenols is 1. The molecule has 0 bridgehead atoms. The van der Waals surface area contributed by atoms with Gasteiger partial charge in [0.15, 0.2) is 0 Å². The van der Waals surface area contributed by atoms with Gasteiger partial charge in [-0.25, -0.2) is 0 Å². The summed E-state index contributed by atoms with van der Waals surface area (Å²) in [5, 5.41) is 25.3. The number of rotatable bonds is 8. The van der Waals surface area contributed by atoms with Crippen molar-refractivity contribution in [3.8, 4) is 17.8 Å². The second-order valence-electron chi connectivity index (χ2n) is 12.3. The Kier molecular flexibility index (Phi) is 8.14. The smallest absolute Gasteiger partial charge is 0.318 e. The Morgan fingerprint density at radius 3 is 2.86 bits per heavy atom. The van der Waals surface area contributed by atoms with Crippen LogP contribution >= 0.6 is 15.9 Å². The van der Waals surface area contributed by atoms with Crippen molar-refractivity contribution in [2.45, 2.75) is 44.4 Å². The van der Waals surface area contributed by atoms with E-state index >= 15 is 0 Å². The summed E-state index contributed by atoms with van der Waals surface area (Å²) >= 11 is 3.72. The number of nitrogens with zero attached hydrogens (tertiary/aromatic N) is 5. The summed E-state index contributed by atoms with van der Waals surface area (Å²) in [6.45, 7) is 7.71. The Hall–Kier alpha value is -3.01. The zero-order valence-corrected chi connectivity index (χ0v) is 25.8. The molecule has 1 unspecified atom stereocenters. The van der Waals surface area contributed by atoms with Gasteiger partial charge >= 0.3 is 6.01 Å². The van der Waals surface area contributed by atoms with Gasteiger partial charge in [-0.05, 0) is 42.0 Å². The van der Waals surface area contributed by atoms with Crippen LogP contribution < -0.4 is 15.0 Å². The van der Waals surface area contributed by atoms with Crippen LogP contribution in [0.15, 0.2) is 34.8 Å². The Balaban J connectivity index is 1.19. The number of halogens is 1. The molecule has 0 radical (unpaired) electrons. The van der Waals surface area contributed by atoms with E-state index in [4.69, 9.17) is 24.2 Å². The molecule has 4 heterocycles. The number of anilines is 1. The predicted octanol–water partition coefficient (Wildman–Crippen LogP) is 4.09. The van der Waals surface area contributed by atoms with Gasteiger partial charge in [-0.1, -0.05) is 28.1 Å². The van der Waals surface area contributed by atoms with E-state index in [0.717, 1.165) is 96.7 Å². The molecule has 2 N–H and O–H groups in total. The first-order chi connectivity index (χ1) is 21.0. The lowest BCUT2D eigenvalue weighted by atomic mass is 9.94. The molecular weight excluding hydrogens is 612 g/mol. The highest BCUT2D eigenvalue weighted by Gasteiger charge is 2.45. The fraction of sp³-hybridized carbons (Fsp3) is 0.531. The molecule has 1 aliphatic carbocycles. The van der Waals surface area contributed by atoms with Crippen molar-refractivity contribution in [1.82, 2.24) is 20.2 Å². The lowest BCUT2D eigenvalue weighted by molar-refractivity contribution is 0.0222. The molecule has 43 heavy (non-hydrogen) atoms. The van der Waals surface area contributed by atoms with Gasteiger partial charge in [-0.2, -0.15) is 15.2 Å². The zero-order chi connectivity index (χ0) is 29.4. The molecule has 2 atom stereocenters. The van der Waals surface area contributed by atoms with Crippen molar-refractivity contribution >= 4 is 32.5 Å². The number of aromatic hydroxyl groups is 1. The molecule has 226 valence electrons. The number of hydrogen-bond donors (Lipinski definition) is 2. The molecule has 1 saturated carbocycles. The molecule has 2 aromatic carbocycles. The number of piperazine rings is 1. The minimum absolute atomic E-state index is 0.0743. The topological polar surface area (TPSA) is 116 Å². The monoisotopic (exact) mass is 648 g/mol. The van der Waals surface area contributed by atoms with Crippen LogP contribution in [0.4, 0.5) is 5.82 Å². The van der Waals surface area contributed by atoms with Crippen molar-refractivity contribution < 1.29 is 19.3 Å². The third kappa shape index (κ3) is 6.17. The molecule has 3 fully saturated rings. The van der Waals surface area contributed by atoms with Crippen LogP contribution in [0, 0.1) is 16.7 Å². The number of ether oxygens (including phenoxy) is 3. The van der Waals surface area contributed by atoms with Gasteiger partial charge in [0.25, 0.3) is 0 Å². The van der Waals surface area contributed by atoms with E-state index in [2.05, 4.69) is 37.1 Å². The minimum Gasteiger partial charge on any atom is -0.508 e. The van der Waals surface area contributed by atoms with Gasteiger partial charge in [-0.15, -0.1) is 0 Å². The highest BCUT2D eigenvalue weighted by atomic mass is 79.9. The SMILES string of the molecule is N#CC[C@H]1CN(c2nc(OCC3(CN4CCOCC4)CC3)nc3c2COC(c2cc(O)cc4cccc(Br)c24)C3)CCN1. The fourth-order valence-corrected chi connectivity index (χ4v) is 7.26. The maximum Gasteiger partial charge on any atom is 0.318 e. The normalized spacial score (nSPS) is 23.5. The number of fused-ring (bicyclic) bond motifs is 2. The summed E-state index contributed by atoms with van der Waals surface area (Å²) in [5.41, 5.74) is 2.95. The Morgan fingerprint density at radius 2 is 2.05 bits per heavy atom. The maximum atomic E-state index is 10.6. The molecule has 2 saturated heterocycles. The Morgan fingerprint density at radius 1 is 1.19 bits per heavy atom. The van der Waals surface area contributed by atoms with Crippen LogP contribution in [0.25, 0.3) is 10.8 Å². The average Bonchev–Trinajstić information content (AvgIpc) is 3.79. The Labute approximate surface area is 260 Å². The lowest BCUT2D eigenvalue weighted by Crippen LogP contribution is -2.51. The van der Waals surface area contributed by atoms with Crippen molar-refractivity contribution in [1.29, 1.82) is 5.26 Å². The van der Waals surface area contributed by atoms with Gasteiger partial charge in [0.2, 0.25) is 0 Å². The molecule has 11 heteroatoms. The van der Waals surface area contributed by atoms with E-state index in [1.807, 2.05) is 18.2 Å². The highest BCUT2D eigenvalue weighted by Crippen LogP contribution is 2.47. The maximum absolute atomic E-state index is 10.6. The second-order valence-corrected chi connectivity index (χ2v) is 13.1. The van der Waals surface area contributed by atoms with Crippen LogP contribution in [-0.2, 0) is 22.5 Å². The van der Waals surface area contributed by atoms with Crippen LogP contribution in [0.1, 0.15) is 42.2 Å². The van der Waals surface area contributed by atoms with Crippen molar-refractivity contribution in [3.63, 3.8) is 0 Å². The van der Waals surface area contributed by atoms with Gasteiger partial charge in [0.1, 0.15) is 11.6 Å². The molecule has 3 aromatic rings. The zero-order valence-electron chi connectivity index (χ0n) is 24.2. The van der Waals surface area contributed by atoms with Crippen molar-refractivity contribution in [3.05, 3.63) is 51.6 Å². The van der Waals surface area contributed by atoms with E-state index in [1.165, 1.54) is 0 Å². The van der Waals surface area contributed by atoms with E-state index in [0.29, 0.717) is 38.6 Å². The number of morpholine rings is 1. The molecule has 3 aliphatic heterocycles. The molecular formula is C32H37BrN6O4. The van der Waals surface area contributed by atoms with E-state index in [1.54, 1.807) is 12.1 Å². The summed E-state index contributed by atoms with van der Waals surface area (Å²) in [5.74, 6) is 1.05. The van der Waals surface area contributed by atoms with Crippen LogP contribution in [-0.4, -0.2) is 85.1 Å². The largest absolute Gasteiger partial charge is 0.508 e. The quantitative estimate of drug-likeness (QED) is 0.370. The Bertz CT molecular complexity index is 1540. The summed E-state index contributed by atoms with van der Waals surface area (Å²) in [7, 11) is 0. The van der Waals surface area contributed by atoms with Crippen molar-refractivity contribution in [2.75, 3.05) is 64.0 Å². The number of nitriles is 1. The van der Waals surface area contributed by atoms with Crippen LogP contribution in [0.5, 0.6) is 11.8 Å². The first-order valence-corrected chi connectivity index (χ1v) is 16.0. The lowest BCUT2D eigenvalue weighted by Gasteiger charge is -2.36. The van der Waals surface area contributed by atoms with Crippen molar-refractivity contribution in [2.24, 2.45) is 5.41 Å². The van der Waals surface area contributed by atoms with E-state index in [-0.39, 0.29) is 23.3 Å². The van der Waals surface area contributed by atoms with Gasteiger partial charge in [-0.3, -0.25) is 4.90 Å². The predicted molar refractivity (Wildman–Crippen MR) is 165 cm³/mol. The third-order valence-electron chi connectivity index (χ3n) is 9.17. The summed E-state index contributed by atoms with van der Waals surface area (Å²) in [4.78, 5) is 14.7. The second kappa shape index (κ2) is 12.2. The van der Waals surface area contributed by atoms with E-state index in [9.17, 15) is 10.4 Å². The molecule has 1 aromatic heterocycles. The first-order valence-electron chi connectivity index (χ1n) is 15.2. The average molecular weight is 650 g/mol. The number of phenolic OH excluding ortho intramolecular Hbond substituents is 1. The van der Waals surface area contributed by atoms with Crippen LogP contribution in [0.3, 0.4) is 0 Å². The summed E-state index contributed by atoms with van der Waals surface area (Å²) < 4.78 is 19.4. The molecule has 7 rings (SSSR count). The van der Waals surface area contributed by atoms with Gasteiger partial charge in [0, 0.05) is 72.6 Å². The summed E-state index contributed by atoms with van der Waals surface area (Å²) in [6, 6.07) is 12.3. The van der Waals surface area contributed by atoms with Gasteiger partial charge < -0.3 is 29.5 Å². The standard InChI is InChI=1S/C32H37BrN6O4/c33-26-3-1-2-21-14-23(40)15-24(29(21)26)28-16-27-25(18-42-28)30(39-9-8-35-22(17-39)4-7-34)37-31(36-27)43-20-32(5-6-32)19-38-10-12-41-13-11-38/h1-3,14-15,22,28,35,40H,4-6,8-13,16-20H2/t22-,28?/m0/s1. The molecule has 0 amide bonds. The third-order valence-corrected chi connectivity index (χ3v) is 9.83. The first kappa shape index (κ1) is 28.7. The highest BCUT2D eigenvalue weighted by molar-refractivity contribution is 9.10. The number of nitrogens with one attached hydrogen (secondary N) is 1. The number of hydrogen-bond acceptors (Lipinski definition) is 10. The summed E-state index contributed by atoms with van der Waals surface area (Å²) in [6.07, 6.45) is 2.97. The number of benzene rings is 2. The fourth-order valence-electron chi connectivity index (χ4n) is 6.65. The molecule has 0 spiro atoms. The minimum atomic E-state index is -0.290. The van der Waals surface area contributed by atoms with E-state index < -0.39 is 0 Å². The molecule has 4 aliphatic rings. The van der Waals surface area contributed by atoms with Crippen LogP contribution in [0.2, 0.25) is 0 Å².